The van der Waals surface area contributed by atoms with Crippen LogP contribution in [0.5, 0.6) is 0 Å². The van der Waals surface area contributed by atoms with Gasteiger partial charge in [0.2, 0.25) is 5.91 Å². The smallest absolute Gasteiger partial charge is 0.326 e. The van der Waals surface area contributed by atoms with E-state index in [-0.39, 0.29) is 12.8 Å². The lowest BCUT2D eigenvalue weighted by Gasteiger charge is -2.34. The Morgan fingerprint density at radius 3 is 1.96 bits per heavy atom. The summed E-state index contributed by atoms with van der Waals surface area (Å²) in [5.74, 6) is -3.39. The van der Waals surface area contributed by atoms with Crippen LogP contribution in [0.1, 0.15) is 39.5 Å². The second kappa shape index (κ2) is 10.1. The zero-order chi connectivity index (χ0) is 19.8. The molecule has 0 radical (unpaired) electrons. The lowest BCUT2D eigenvalue weighted by molar-refractivity contribution is -0.138. The highest BCUT2D eigenvalue weighted by Gasteiger charge is 2.61. The number of nitrogens with one attached hydrogen (secondary N) is 2. The standard InChI is InChI=1S/C14H29N4O6P/c1-4-6-9(15)12(20)14(25(22,23)24,11(19)8-17-3)18-13(21)10(16)7-5-2/h9-10,17H,4-8,15-16H2,1-3H3,(H,18,21)(H2,22,23,24)/t9-,10-,14?/m0/s1. The second-order valence-corrected chi connectivity index (χ2v) is 7.61. The summed E-state index contributed by atoms with van der Waals surface area (Å²) in [6.45, 7) is 2.94. The number of Topliss-reactive ketones (excluding diaryl/α,β-unsaturated/α-hetero) is 2. The molecule has 1 amide bonds. The zero-order valence-electron chi connectivity index (χ0n) is 14.8. The molecule has 11 heteroatoms. The summed E-state index contributed by atoms with van der Waals surface area (Å²) >= 11 is 0. The highest BCUT2D eigenvalue weighted by Crippen LogP contribution is 2.50. The summed E-state index contributed by atoms with van der Waals surface area (Å²) in [4.78, 5) is 57.1. The van der Waals surface area contributed by atoms with Crippen LogP contribution < -0.4 is 22.1 Å². The van der Waals surface area contributed by atoms with Gasteiger partial charge in [0.05, 0.1) is 18.6 Å². The average molecular weight is 380 g/mol. The molecule has 0 saturated heterocycles. The van der Waals surface area contributed by atoms with Crippen molar-refractivity contribution in [2.75, 3.05) is 13.6 Å². The Morgan fingerprint density at radius 2 is 1.56 bits per heavy atom. The highest BCUT2D eigenvalue weighted by atomic mass is 31.2. The Morgan fingerprint density at radius 1 is 1.08 bits per heavy atom. The van der Waals surface area contributed by atoms with Crippen molar-refractivity contribution < 1.29 is 28.7 Å². The van der Waals surface area contributed by atoms with Crippen molar-refractivity contribution in [2.24, 2.45) is 11.5 Å². The number of ketones is 2. The molecule has 0 fully saturated rings. The van der Waals surface area contributed by atoms with Gasteiger partial charge in [-0.15, -0.1) is 0 Å². The van der Waals surface area contributed by atoms with Gasteiger partial charge in [0.1, 0.15) is 0 Å². The molecule has 0 aliphatic heterocycles. The van der Waals surface area contributed by atoms with Crippen LogP contribution in [0.3, 0.4) is 0 Å². The first kappa shape index (κ1) is 23.8. The summed E-state index contributed by atoms with van der Waals surface area (Å²) in [6, 6.07) is -2.44. The van der Waals surface area contributed by atoms with E-state index in [2.05, 4.69) is 5.32 Å². The largest absolute Gasteiger partial charge is 0.366 e. The van der Waals surface area contributed by atoms with Crippen LogP contribution in [-0.4, -0.2) is 58.2 Å². The second-order valence-electron chi connectivity index (χ2n) is 5.85. The quantitative estimate of drug-likeness (QED) is 0.175. The third-order valence-corrected chi connectivity index (χ3v) is 5.17. The van der Waals surface area contributed by atoms with Crippen molar-refractivity contribution >= 4 is 25.1 Å². The van der Waals surface area contributed by atoms with E-state index in [0.717, 1.165) is 0 Å². The summed E-state index contributed by atoms with van der Waals surface area (Å²) in [6.07, 6.45) is 1.31. The van der Waals surface area contributed by atoms with Gasteiger partial charge in [-0.05, 0) is 19.9 Å². The molecule has 3 atom stereocenters. The number of carbonyl (C=O) groups excluding carboxylic acids is 3. The Kier molecular flexibility index (Phi) is 9.63. The molecule has 0 saturated carbocycles. The molecule has 0 bridgehead atoms. The summed E-state index contributed by atoms with van der Waals surface area (Å²) in [5, 5.41) is 1.31. The summed E-state index contributed by atoms with van der Waals surface area (Å²) in [7, 11) is -4.08. The minimum absolute atomic E-state index is 0.101. The molecule has 0 spiro atoms. The SMILES string of the molecule is CCC[C@H](N)C(=O)NC(C(=O)CNC)(C(=O)[C@@H](N)CCC)P(=O)(O)O. The van der Waals surface area contributed by atoms with Crippen molar-refractivity contribution in [3.63, 3.8) is 0 Å². The lowest BCUT2D eigenvalue weighted by atomic mass is 9.97. The predicted molar refractivity (Wildman–Crippen MR) is 92.6 cm³/mol. The maximum Gasteiger partial charge on any atom is 0.366 e. The van der Waals surface area contributed by atoms with Crippen LogP contribution in [-0.2, 0) is 18.9 Å². The van der Waals surface area contributed by atoms with Crippen LogP contribution in [0.25, 0.3) is 0 Å². The Bertz CT molecular complexity index is 537. The molecule has 8 N–H and O–H groups in total. The first-order chi connectivity index (χ1) is 11.5. The normalized spacial score (nSPS) is 16.6. The van der Waals surface area contributed by atoms with Crippen molar-refractivity contribution in [1.82, 2.24) is 10.6 Å². The first-order valence-corrected chi connectivity index (χ1v) is 9.71. The molecule has 0 heterocycles. The van der Waals surface area contributed by atoms with E-state index >= 15 is 0 Å². The van der Waals surface area contributed by atoms with Crippen molar-refractivity contribution in [3.05, 3.63) is 0 Å². The van der Waals surface area contributed by atoms with E-state index < -0.39 is 49.0 Å². The number of rotatable bonds is 12. The fraction of sp³-hybridized carbons (Fsp3) is 0.786. The maximum atomic E-state index is 12.7. The summed E-state index contributed by atoms with van der Waals surface area (Å²) in [5.41, 5.74) is 11.4. The van der Waals surface area contributed by atoms with Crippen LogP contribution >= 0.6 is 7.60 Å². The minimum Gasteiger partial charge on any atom is -0.326 e. The van der Waals surface area contributed by atoms with Gasteiger partial charge in [-0.2, -0.15) is 0 Å². The summed E-state index contributed by atoms with van der Waals surface area (Å²) < 4.78 is 12.1. The zero-order valence-corrected chi connectivity index (χ0v) is 15.7. The average Bonchev–Trinajstić information content (AvgIpc) is 2.51. The van der Waals surface area contributed by atoms with Crippen LogP contribution in [0, 0.1) is 0 Å². The minimum atomic E-state index is -5.45. The maximum absolute atomic E-state index is 12.7. The van der Waals surface area contributed by atoms with Crippen molar-refractivity contribution in [2.45, 2.75) is 56.9 Å². The van der Waals surface area contributed by atoms with Gasteiger partial charge in [-0.25, -0.2) is 0 Å². The molecular weight excluding hydrogens is 351 g/mol. The van der Waals surface area contributed by atoms with Gasteiger partial charge in [0, 0.05) is 0 Å². The number of carbonyl (C=O) groups is 3. The topological polar surface area (TPSA) is 185 Å². The fourth-order valence-corrected chi connectivity index (χ4v) is 3.47. The Balaban J connectivity index is 6.13. The van der Waals surface area contributed by atoms with Crippen molar-refractivity contribution in [1.29, 1.82) is 0 Å². The monoisotopic (exact) mass is 380 g/mol. The van der Waals surface area contributed by atoms with E-state index in [1.165, 1.54) is 7.05 Å². The van der Waals surface area contributed by atoms with Crippen LogP contribution in [0.4, 0.5) is 0 Å². The lowest BCUT2D eigenvalue weighted by Crippen LogP contribution is -2.66. The third kappa shape index (κ3) is 5.67. The molecule has 25 heavy (non-hydrogen) atoms. The van der Waals surface area contributed by atoms with E-state index in [9.17, 15) is 28.7 Å². The van der Waals surface area contributed by atoms with Crippen LogP contribution in [0.15, 0.2) is 0 Å². The van der Waals surface area contributed by atoms with Crippen molar-refractivity contribution in [3.8, 4) is 0 Å². The van der Waals surface area contributed by atoms with E-state index in [4.69, 9.17) is 11.5 Å². The van der Waals surface area contributed by atoms with Crippen LogP contribution in [0.2, 0.25) is 0 Å². The molecule has 0 rings (SSSR count). The van der Waals surface area contributed by atoms with E-state index in [1.54, 1.807) is 13.8 Å². The number of hydrogen-bond acceptors (Lipinski definition) is 7. The van der Waals surface area contributed by atoms with E-state index in [1.807, 2.05) is 5.32 Å². The molecule has 0 aliphatic rings. The molecule has 10 nitrogen and oxygen atoms in total. The van der Waals surface area contributed by atoms with Gasteiger partial charge in [0.25, 0.3) is 5.28 Å². The van der Waals surface area contributed by atoms with Gasteiger partial charge < -0.3 is 31.9 Å². The predicted octanol–water partition coefficient (Wildman–Crippen LogP) is -1.41. The van der Waals surface area contributed by atoms with Gasteiger partial charge >= 0.3 is 7.60 Å². The Hall–Kier alpha value is -1.16. The van der Waals surface area contributed by atoms with Gasteiger partial charge in [-0.3, -0.25) is 18.9 Å². The molecule has 0 aromatic rings. The van der Waals surface area contributed by atoms with Gasteiger partial charge in [-0.1, -0.05) is 26.7 Å². The number of likely N-dealkylation sites (N-methyl/N-ethyl adjacent to an activating group) is 1. The highest BCUT2D eigenvalue weighted by molar-refractivity contribution is 7.56. The molecule has 146 valence electrons. The molecule has 0 aromatic heterocycles. The number of hydrogen-bond donors (Lipinski definition) is 6. The van der Waals surface area contributed by atoms with Gasteiger partial charge in [0.15, 0.2) is 11.6 Å². The molecule has 1 unspecified atom stereocenters. The first-order valence-electron chi connectivity index (χ1n) is 8.10. The fourth-order valence-electron chi connectivity index (χ4n) is 2.36. The molecule has 0 aromatic carbocycles. The number of amides is 1. The Labute approximate surface area is 147 Å². The molecule has 0 aliphatic carbocycles. The third-order valence-electron chi connectivity index (χ3n) is 3.71. The van der Waals surface area contributed by atoms with E-state index in [0.29, 0.717) is 12.8 Å². The number of nitrogens with two attached hydrogens (primary N) is 2. The molecular formula is C14H29N4O6P.